The van der Waals surface area contributed by atoms with E-state index in [-0.39, 0.29) is 0 Å². The highest BCUT2D eigenvalue weighted by atomic mass is 15.1. The smallest absolute Gasteiger partial charge is 0.181 e. The van der Waals surface area contributed by atoms with Gasteiger partial charge in [-0.25, -0.2) is 15.0 Å². The molecule has 0 aliphatic rings. The van der Waals surface area contributed by atoms with Crippen molar-refractivity contribution in [3.63, 3.8) is 0 Å². The van der Waals surface area contributed by atoms with Gasteiger partial charge in [0.1, 0.15) is 23.2 Å². The molecular formula is C20H12N8. The Balaban J connectivity index is 1.69. The van der Waals surface area contributed by atoms with Crippen LogP contribution in [0.2, 0.25) is 0 Å². The molecule has 0 spiro atoms. The van der Waals surface area contributed by atoms with Crippen molar-refractivity contribution in [1.82, 2.24) is 40.3 Å². The van der Waals surface area contributed by atoms with E-state index in [0.717, 1.165) is 38.4 Å². The lowest BCUT2D eigenvalue weighted by atomic mass is 9.99. The Morgan fingerprint density at radius 3 is 2.79 bits per heavy atom. The maximum atomic E-state index is 4.58. The molecule has 0 saturated carbocycles. The summed E-state index contributed by atoms with van der Waals surface area (Å²) in [6.07, 6.45) is 4.92. The van der Waals surface area contributed by atoms with Gasteiger partial charge >= 0.3 is 0 Å². The number of aromatic amines is 2. The number of fused-ring (bicyclic) bond motifs is 3. The number of para-hydroxylation sites is 1. The molecule has 0 saturated heterocycles. The molecule has 6 rings (SSSR count). The van der Waals surface area contributed by atoms with Gasteiger partial charge in [0, 0.05) is 21.7 Å². The van der Waals surface area contributed by atoms with Crippen LogP contribution in [0, 0.1) is 0 Å². The highest BCUT2D eigenvalue weighted by molar-refractivity contribution is 6.08. The molecule has 0 aliphatic carbocycles. The Morgan fingerprint density at radius 1 is 0.857 bits per heavy atom. The lowest BCUT2D eigenvalue weighted by Gasteiger charge is -2.07. The summed E-state index contributed by atoms with van der Waals surface area (Å²) in [5.74, 6) is 0.598. The highest BCUT2D eigenvalue weighted by Gasteiger charge is 2.18. The molecular weight excluding hydrogens is 352 g/mol. The number of aromatic nitrogens is 8. The molecule has 132 valence electrons. The van der Waals surface area contributed by atoms with E-state index in [1.165, 1.54) is 6.33 Å². The third kappa shape index (κ3) is 2.11. The van der Waals surface area contributed by atoms with Crippen LogP contribution in [-0.2, 0) is 0 Å². The van der Waals surface area contributed by atoms with Gasteiger partial charge in [-0.05, 0) is 6.07 Å². The van der Waals surface area contributed by atoms with Gasteiger partial charge in [0.25, 0.3) is 0 Å². The topological polar surface area (TPSA) is 109 Å². The number of nitrogens with zero attached hydrogens (tertiary/aromatic N) is 6. The van der Waals surface area contributed by atoms with Crippen molar-refractivity contribution in [3.8, 4) is 22.8 Å². The summed E-state index contributed by atoms with van der Waals surface area (Å²) >= 11 is 0. The predicted molar refractivity (Wildman–Crippen MR) is 105 cm³/mol. The van der Waals surface area contributed by atoms with Crippen molar-refractivity contribution in [1.29, 1.82) is 0 Å². The molecule has 8 heteroatoms. The zero-order chi connectivity index (χ0) is 18.5. The average Bonchev–Trinajstić information content (AvgIpc) is 3.37. The third-order valence-electron chi connectivity index (χ3n) is 4.80. The van der Waals surface area contributed by atoms with E-state index in [1.54, 1.807) is 12.4 Å². The molecule has 2 aromatic carbocycles. The summed E-state index contributed by atoms with van der Waals surface area (Å²) in [7, 11) is 0. The van der Waals surface area contributed by atoms with Crippen molar-refractivity contribution < 1.29 is 0 Å². The molecule has 28 heavy (non-hydrogen) atoms. The Labute approximate surface area is 157 Å². The first kappa shape index (κ1) is 14.9. The Hall–Kier alpha value is -4.20. The maximum Gasteiger partial charge on any atom is 0.181 e. The molecule has 4 heterocycles. The number of imidazole rings is 1. The molecule has 8 nitrogen and oxygen atoms in total. The van der Waals surface area contributed by atoms with E-state index in [0.29, 0.717) is 17.2 Å². The van der Waals surface area contributed by atoms with Crippen LogP contribution in [0.25, 0.3) is 55.6 Å². The summed E-state index contributed by atoms with van der Waals surface area (Å²) in [6.45, 7) is 0. The van der Waals surface area contributed by atoms with Gasteiger partial charge in [-0.1, -0.05) is 36.4 Å². The fraction of sp³-hybridized carbons (Fsp3) is 0. The zero-order valence-corrected chi connectivity index (χ0v) is 14.5. The third-order valence-corrected chi connectivity index (χ3v) is 4.80. The average molecular weight is 364 g/mol. The Bertz CT molecular complexity index is 1440. The minimum Gasteiger partial charge on any atom is -0.334 e. The van der Waals surface area contributed by atoms with Crippen molar-refractivity contribution >= 4 is 32.8 Å². The molecule has 0 atom stereocenters. The van der Waals surface area contributed by atoms with Crippen molar-refractivity contribution in [2.75, 3.05) is 0 Å². The second-order valence-electron chi connectivity index (χ2n) is 6.43. The number of H-pyrrole nitrogens is 2. The van der Waals surface area contributed by atoms with Crippen LogP contribution in [0.4, 0.5) is 0 Å². The number of benzene rings is 2. The normalized spacial score (nSPS) is 11.6. The predicted octanol–water partition coefficient (Wildman–Crippen LogP) is 3.51. The number of rotatable bonds is 2. The van der Waals surface area contributed by atoms with Gasteiger partial charge in [-0.15, -0.1) is 5.10 Å². The van der Waals surface area contributed by atoms with Crippen molar-refractivity contribution in [2.45, 2.75) is 0 Å². The van der Waals surface area contributed by atoms with Crippen LogP contribution in [0.5, 0.6) is 0 Å². The van der Waals surface area contributed by atoms with E-state index < -0.39 is 0 Å². The standard InChI is InChI=1S/C20H12N8/c1-2-7-14-12(5-1)17(28-26-14)13-6-3-4-11-8-23-27-18(16(11)13)20-24-15-9-21-10-22-19(15)25-20/h1-10H,(H,26,28)(H,21,22,24,25). The molecule has 0 aliphatic heterocycles. The molecule has 6 aromatic rings. The molecule has 4 aromatic heterocycles. The largest absolute Gasteiger partial charge is 0.334 e. The van der Waals surface area contributed by atoms with E-state index in [4.69, 9.17) is 0 Å². The molecule has 0 amide bonds. The fourth-order valence-electron chi connectivity index (χ4n) is 3.55. The van der Waals surface area contributed by atoms with Crippen LogP contribution in [0.15, 0.2) is 61.2 Å². The number of nitrogens with one attached hydrogen (secondary N) is 2. The van der Waals surface area contributed by atoms with Gasteiger partial charge in [0.15, 0.2) is 11.5 Å². The second-order valence-corrected chi connectivity index (χ2v) is 6.43. The summed E-state index contributed by atoms with van der Waals surface area (Å²) in [4.78, 5) is 16.1. The molecule has 2 N–H and O–H groups in total. The highest BCUT2D eigenvalue weighted by Crippen LogP contribution is 2.36. The number of hydrogen-bond acceptors (Lipinski definition) is 6. The van der Waals surface area contributed by atoms with E-state index >= 15 is 0 Å². The van der Waals surface area contributed by atoms with Gasteiger partial charge < -0.3 is 4.98 Å². The monoisotopic (exact) mass is 364 g/mol. The molecule has 0 fully saturated rings. The fourth-order valence-corrected chi connectivity index (χ4v) is 3.55. The van der Waals surface area contributed by atoms with Gasteiger partial charge in [0.2, 0.25) is 0 Å². The van der Waals surface area contributed by atoms with E-state index in [1.807, 2.05) is 36.4 Å². The van der Waals surface area contributed by atoms with Gasteiger partial charge in [0.05, 0.1) is 17.9 Å². The van der Waals surface area contributed by atoms with Crippen molar-refractivity contribution in [3.05, 3.63) is 61.2 Å². The van der Waals surface area contributed by atoms with Crippen LogP contribution in [0.3, 0.4) is 0 Å². The lowest BCUT2D eigenvalue weighted by Crippen LogP contribution is -1.94. The first-order valence-corrected chi connectivity index (χ1v) is 8.72. The first-order valence-electron chi connectivity index (χ1n) is 8.72. The number of hydrogen-bond donors (Lipinski definition) is 2. The zero-order valence-electron chi connectivity index (χ0n) is 14.5. The van der Waals surface area contributed by atoms with Crippen LogP contribution >= 0.6 is 0 Å². The SMILES string of the molecule is c1cc(-c2n[nH]c3ccccc23)c2c(-c3nc4ncncc4[nH]3)nncc2c1. The van der Waals surface area contributed by atoms with Crippen LogP contribution in [0.1, 0.15) is 0 Å². The van der Waals surface area contributed by atoms with Crippen LogP contribution < -0.4 is 0 Å². The molecule has 0 unspecified atom stereocenters. The Morgan fingerprint density at radius 2 is 1.82 bits per heavy atom. The van der Waals surface area contributed by atoms with E-state index in [2.05, 4.69) is 46.4 Å². The van der Waals surface area contributed by atoms with Gasteiger partial charge in [-0.3, -0.25) is 5.10 Å². The molecule has 0 bridgehead atoms. The van der Waals surface area contributed by atoms with Crippen LogP contribution in [-0.4, -0.2) is 40.3 Å². The molecule has 0 radical (unpaired) electrons. The Kier molecular flexibility index (Phi) is 3.01. The lowest BCUT2D eigenvalue weighted by molar-refractivity contribution is 1.04. The van der Waals surface area contributed by atoms with Gasteiger partial charge in [-0.2, -0.15) is 10.2 Å². The summed E-state index contributed by atoms with van der Waals surface area (Å²) < 4.78 is 0. The quantitative estimate of drug-likeness (QED) is 0.487. The van der Waals surface area contributed by atoms with Crippen molar-refractivity contribution in [2.24, 2.45) is 0 Å². The summed E-state index contributed by atoms with van der Waals surface area (Å²) in [5, 5.41) is 19.2. The summed E-state index contributed by atoms with van der Waals surface area (Å²) in [6, 6.07) is 14.1. The minimum absolute atomic E-state index is 0.589. The minimum atomic E-state index is 0.589. The summed E-state index contributed by atoms with van der Waals surface area (Å²) in [5.41, 5.74) is 4.80. The maximum absolute atomic E-state index is 4.58. The first-order chi connectivity index (χ1) is 13.9. The second kappa shape index (κ2) is 5.65. The van der Waals surface area contributed by atoms with E-state index in [9.17, 15) is 0 Å².